The summed E-state index contributed by atoms with van der Waals surface area (Å²) in [6.07, 6.45) is 10.2. The molecule has 0 N–H and O–H groups in total. The topological polar surface area (TPSA) is 17.1 Å². The van der Waals surface area contributed by atoms with Crippen molar-refractivity contribution in [1.29, 1.82) is 0 Å². The molecule has 0 saturated heterocycles. The largest absolute Gasteiger partial charge is 0.299 e. The molecule has 0 aromatic carbocycles. The van der Waals surface area contributed by atoms with Crippen LogP contribution in [0.1, 0.15) is 33.1 Å². The predicted octanol–water partition coefficient (Wildman–Crippen LogP) is 3.12. The van der Waals surface area contributed by atoms with Gasteiger partial charge in [0, 0.05) is 0 Å². The Morgan fingerprint density at radius 3 is 2.69 bits per heavy atom. The highest BCUT2D eigenvalue weighted by Gasteiger charge is 2.18. The van der Waals surface area contributed by atoms with Gasteiger partial charge in [0.15, 0.2) is 0 Å². The molecule has 0 radical (unpaired) electrons. The minimum atomic E-state index is 0.701. The van der Waals surface area contributed by atoms with E-state index in [9.17, 15) is 4.79 Å². The second-order valence-corrected chi connectivity index (χ2v) is 4.05. The maximum Gasteiger partial charge on any atom is 0.142 e. The van der Waals surface area contributed by atoms with Crippen molar-refractivity contribution in [1.82, 2.24) is 0 Å². The zero-order valence-electron chi connectivity index (χ0n) is 8.49. The molecule has 0 aromatic rings. The van der Waals surface area contributed by atoms with Crippen LogP contribution in [0, 0.1) is 11.8 Å². The average Bonchev–Trinajstić information content (AvgIpc) is 2.11. The van der Waals surface area contributed by atoms with E-state index >= 15 is 0 Å². The van der Waals surface area contributed by atoms with E-state index in [1.54, 1.807) is 6.08 Å². The van der Waals surface area contributed by atoms with Crippen molar-refractivity contribution in [2.45, 2.75) is 33.1 Å². The van der Waals surface area contributed by atoms with Crippen LogP contribution in [0.15, 0.2) is 23.8 Å². The molecule has 2 atom stereocenters. The van der Waals surface area contributed by atoms with E-state index < -0.39 is 0 Å². The first kappa shape index (κ1) is 10.2. The molecule has 1 fully saturated rings. The van der Waals surface area contributed by atoms with Crippen molar-refractivity contribution in [3.8, 4) is 0 Å². The Bertz CT molecular complexity index is 225. The van der Waals surface area contributed by atoms with E-state index in [0.29, 0.717) is 5.92 Å². The molecule has 1 aliphatic rings. The molecular weight excluding hydrogens is 160 g/mol. The van der Waals surface area contributed by atoms with Crippen molar-refractivity contribution in [2.24, 2.45) is 11.8 Å². The molecule has 72 valence electrons. The molecule has 2 unspecified atom stereocenters. The van der Waals surface area contributed by atoms with Gasteiger partial charge in [-0.25, -0.2) is 0 Å². The lowest BCUT2D eigenvalue weighted by atomic mass is 9.80. The van der Waals surface area contributed by atoms with Crippen molar-refractivity contribution in [2.75, 3.05) is 0 Å². The van der Waals surface area contributed by atoms with E-state index in [1.165, 1.54) is 24.8 Å². The summed E-state index contributed by atoms with van der Waals surface area (Å²) in [7, 11) is 0. The van der Waals surface area contributed by atoms with Crippen LogP contribution in [-0.2, 0) is 4.79 Å². The Balaban J connectivity index is 2.59. The van der Waals surface area contributed by atoms with Gasteiger partial charge in [0.05, 0.1) is 0 Å². The van der Waals surface area contributed by atoms with Gasteiger partial charge in [-0.05, 0) is 37.2 Å². The van der Waals surface area contributed by atoms with E-state index in [1.807, 2.05) is 6.08 Å². The van der Waals surface area contributed by atoms with Gasteiger partial charge < -0.3 is 0 Å². The number of hydrogen-bond donors (Lipinski definition) is 0. The van der Waals surface area contributed by atoms with Gasteiger partial charge in [-0.15, -0.1) is 0 Å². The Labute approximate surface area is 80.5 Å². The number of carbonyl (C=O) groups is 1. The summed E-state index contributed by atoms with van der Waals surface area (Å²) in [5.41, 5.74) is 1.50. The standard InChI is InChI=1S/C12H18O/c1-10-6-7-11(2)12(9-10)5-3-4-8-13/h3-5,8,10-11H,6-7,9H2,1-2H3/b4-3+,12-5+. The summed E-state index contributed by atoms with van der Waals surface area (Å²) in [5, 5.41) is 0. The molecular formula is C12H18O. The zero-order chi connectivity index (χ0) is 9.68. The first-order valence-corrected chi connectivity index (χ1v) is 5.05. The third kappa shape index (κ3) is 3.17. The van der Waals surface area contributed by atoms with Crippen LogP contribution in [0.3, 0.4) is 0 Å². The normalized spacial score (nSPS) is 32.6. The molecule has 1 nitrogen and oxygen atoms in total. The van der Waals surface area contributed by atoms with Crippen LogP contribution in [-0.4, -0.2) is 6.29 Å². The SMILES string of the molecule is CC1CCC(C)/C(=C/C=C/C=O)C1. The highest BCUT2D eigenvalue weighted by Crippen LogP contribution is 2.32. The molecule has 1 heteroatoms. The summed E-state index contributed by atoms with van der Waals surface area (Å²) in [6.45, 7) is 4.57. The number of carbonyl (C=O) groups excluding carboxylic acids is 1. The minimum Gasteiger partial charge on any atom is -0.299 e. The Morgan fingerprint density at radius 2 is 2.00 bits per heavy atom. The third-order valence-electron chi connectivity index (χ3n) is 2.81. The monoisotopic (exact) mass is 178 g/mol. The number of rotatable bonds is 2. The highest BCUT2D eigenvalue weighted by molar-refractivity contribution is 5.65. The fourth-order valence-corrected chi connectivity index (χ4v) is 1.88. The minimum absolute atomic E-state index is 0.701. The third-order valence-corrected chi connectivity index (χ3v) is 2.81. The smallest absolute Gasteiger partial charge is 0.142 e. The molecule has 1 saturated carbocycles. The maximum absolute atomic E-state index is 10.1. The van der Waals surface area contributed by atoms with E-state index in [4.69, 9.17) is 0 Å². The maximum atomic E-state index is 10.1. The van der Waals surface area contributed by atoms with Crippen molar-refractivity contribution < 1.29 is 4.79 Å². The Morgan fingerprint density at radius 1 is 1.23 bits per heavy atom. The number of hydrogen-bond acceptors (Lipinski definition) is 1. The number of allylic oxidation sites excluding steroid dienone is 4. The van der Waals surface area contributed by atoms with Gasteiger partial charge in [0.25, 0.3) is 0 Å². The van der Waals surface area contributed by atoms with E-state index in [0.717, 1.165) is 12.2 Å². The van der Waals surface area contributed by atoms with Crippen LogP contribution in [0.5, 0.6) is 0 Å². The Kier molecular flexibility index (Phi) is 3.94. The fraction of sp³-hybridized carbons (Fsp3) is 0.583. The first-order chi connectivity index (χ1) is 6.24. The second kappa shape index (κ2) is 5.00. The van der Waals surface area contributed by atoms with E-state index in [-0.39, 0.29) is 0 Å². The average molecular weight is 178 g/mol. The van der Waals surface area contributed by atoms with Crippen molar-refractivity contribution in [3.63, 3.8) is 0 Å². The van der Waals surface area contributed by atoms with Gasteiger partial charge >= 0.3 is 0 Å². The summed E-state index contributed by atoms with van der Waals surface area (Å²) < 4.78 is 0. The predicted molar refractivity (Wildman–Crippen MR) is 55.5 cm³/mol. The van der Waals surface area contributed by atoms with Gasteiger partial charge in [0.1, 0.15) is 6.29 Å². The van der Waals surface area contributed by atoms with Crippen LogP contribution in [0.4, 0.5) is 0 Å². The molecule has 0 spiro atoms. The van der Waals surface area contributed by atoms with Crippen molar-refractivity contribution in [3.05, 3.63) is 23.8 Å². The van der Waals surface area contributed by atoms with Crippen LogP contribution in [0.2, 0.25) is 0 Å². The molecule has 13 heavy (non-hydrogen) atoms. The lowest BCUT2D eigenvalue weighted by molar-refractivity contribution is -0.104. The molecule has 1 rings (SSSR count). The van der Waals surface area contributed by atoms with Crippen molar-refractivity contribution >= 4 is 6.29 Å². The quantitative estimate of drug-likeness (QED) is 0.469. The van der Waals surface area contributed by atoms with Crippen LogP contribution in [0.25, 0.3) is 0 Å². The molecule has 0 bridgehead atoms. The summed E-state index contributed by atoms with van der Waals surface area (Å²) in [6, 6.07) is 0. The highest BCUT2D eigenvalue weighted by atomic mass is 16.1. The second-order valence-electron chi connectivity index (χ2n) is 4.05. The van der Waals surface area contributed by atoms with Gasteiger partial charge in [0.2, 0.25) is 0 Å². The summed E-state index contributed by atoms with van der Waals surface area (Å²) in [4.78, 5) is 10.1. The lowest BCUT2D eigenvalue weighted by Crippen LogP contribution is -2.12. The summed E-state index contributed by atoms with van der Waals surface area (Å²) >= 11 is 0. The molecule has 0 aromatic heterocycles. The number of aldehydes is 1. The van der Waals surface area contributed by atoms with Crippen LogP contribution >= 0.6 is 0 Å². The fourth-order valence-electron chi connectivity index (χ4n) is 1.88. The molecule has 0 amide bonds. The lowest BCUT2D eigenvalue weighted by Gasteiger charge is -2.26. The van der Waals surface area contributed by atoms with Crippen LogP contribution < -0.4 is 0 Å². The first-order valence-electron chi connectivity index (χ1n) is 5.05. The van der Waals surface area contributed by atoms with Gasteiger partial charge in [-0.1, -0.05) is 31.6 Å². The zero-order valence-corrected chi connectivity index (χ0v) is 8.49. The van der Waals surface area contributed by atoms with E-state index in [2.05, 4.69) is 19.9 Å². The molecule has 1 aliphatic carbocycles. The van der Waals surface area contributed by atoms with Gasteiger partial charge in [-0.2, -0.15) is 0 Å². The Hall–Kier alpha value is -0.850. The van der Waals surface area contributed by atoms with Gasteiger partial charge in [-0.3, -0.25) is 4.79 Å². The summed E-state index contributed by atoms with van der Waals surface area (Å²) in [5.74, 6) is 1.51. The molecule has 0 heterocycles. The molecule has 0 aliphatic heterocycles.